The van der Waals surface area contributed by atoms with Crippen molar-refractivity contribution < 1.29 is 9.63 Å². The standard InChI is InChI=1S/C15H13N3O2/c1-2-10-5-7-11(8-6-10)14-17-15(20-18-14)13-12(19)4-3-9-16-13/h3-9,19H,2H2,1H3. The maximum Gasteiger partial charge on any atom is 0.280 e. The lowest BCUT2D eigenvalue weighted by Crippen LogP contribution is -1.85. The van der Waals surface area contributed by atoms with Gasteiger partial charge in [0.2, 0.25) is 5.82 Å². The Morgan fingerprint density at radius 3 is 2.65 bits per heavy atom. The third kappa shape index (κ3) is 2.25. The van der Waals surface area contributed by atoms with Crippen molar-refractivity contribution in [2.24, 2.45) is 0 Å². The lowest BCUT2D eigenvalue weighted by Gasteiger charge is -1.97. The smallest absolute Gasteiger partial charge is 0.280 e. The van der Waals surface area contributed by atoms with Crippen molar-refractivity contribution in [3.8, 4) is 28.7 Å². The summed E-state index contributed by atoms with van der Waals surface area (Å²) in [4.78, 5) is 8.30. The number of aromatic nitrogens is 3. The number of pyridine rings is 1. The first-order chi connectivity index (χ1) is 9.78. The Bertz CT molecular complexity index is 720. The Labute approximate surface area is 115 Å². The van der Waals surface area contributed by atoms with E-state index in [9.17, 15) is 5.11 Å². The molecule has 3 rings (SSSR count). The first kappa shape index (κ1) is 12.3. The van der Waals surface area contributed by atoms with Crippen LogP contribution in [0, 0.1) is 0 Å². The molecule has 0 aliphatic carbocycles. The summed E-state index contributed by atoms with van der Waals surface area (Å²) in [6, 6.07) is 11.1. The maximum atomic E-state index is 9.72. The van der Waals surface area contributed by atoms with Gasteiger partial charge < -0.3 is 9.63 Å². The molecule has 0 unspecified atom stereocenters. The fourth-order valence-corrected chi connectivity index (χ4v) is 1.89. The highest BCUT2D eigenvalue weighted by Crippen LogP contribution is 2.26. The van der Waals surface area contributed by atoms with Crippen LogP contribution in [0.25, 0.3) is 23.0 Å². The minimum atomic E-state index is 0.0176. The van der Waals surface area contributed by atoms with Crippen LogP contribution < -0.4 is 0 Å². The second-order valence-electron chi connectivity index (χ2n) is 4.34. The normalized spacial score (nSPS) is 10.7. The van der Waals surface area contributed by atoms with E-state index in [4.69, 9.17) is 4.52 Å². The molecule has 0 aliphatic heterocycles. The molecule has 1 aromatic carbocycles. The van der Waals surface area contributed by atoms with Crippen LogP contribution >= 0.6 is 0 Å². The van der Waals surface area contributed by atoms with Crippen LogP contribution in [-0.4, -0.2) is 20.2 Å². The van der Waals surface area contributed by atoms with Crippen LogP contribution in [-0.2, 0) is 6.42 Å². The van der Waals surface area contributed by atoms with E-state index in [0.29, 0.717) is 5.82 Å². The van der Waals surface area contributed by atoms with E-state index in [1.54, 1.807) is 12.3 Å². The number of hydrogen-bond acceptors (Lipinski definition) is 5. The summed E-state index contributed by atoms with van der Waals surface area (Å²) in [5.41, 5.74) is 2.41. The van der Waals surface area contributed by atoms with Crippen molar-refractivity contribution in [3.63, 3.8) is 0 Å². The predicted octanol–water partition coefficient (Wildman–Crippen LogP) is 3.07. The van der Waals surface area contributed by atoms with Gasteiger partial charge in [0.25, 0.3) is 5.89 Å². The van der Waals surface area contributed by atoms with Gasteiger partial charge in [-0.05, 0) is 24.1 Å². The van der Waals surface area contributed by atoms with E-state index < -0.39 is 0 Å². The molecule has 5 heteroatoms. The van der Waals surface area contributed by atoms with Crippen LogP contribution in [0.5, 0.6) is 5.75 Å². The molecule has 5 nitrogen and oxygen atoms in total. The van der Waals surface area contributed by atoms with Crippen LogP contribution in [0.15, 0.2) is 47.1 Å². The first-order valence-corrected chi connectivity index (χ1v) is 6.35. The summed E-state index contributed by atoms with van der Waals surface area (Å²) >= 11 is 0. The van der Waals surface area contributed by atoms with Gasteiger partial charge in [-0.1, -0.05) is 36.3 Å². The summed E-state index contributed by atoms with van der Waals surface area (Å²) in [6.07, 6.45) is 2.55. The zero-order chi connectivity index (χ0) is 13.9. The first-order valence-electron chi connectivity index (χ1n) is 6.35. The molecule has 0 saturated carbocycles. The predicted molar refractivity (Wildman–Crippen MR) is 74.0 cm³/mol. The van der Waals surface area contributed by atoms with E-state index >= 15 is 0 Å². The Balaban J connectivity index is 1.95. The summed E-state index contributed by atoms with van der Waals surface area (Å²) < 4.78 is 5.16. The van der Waals surface area contributed by atoms with Gasteiger partial charge >= 0.3 is 0 Å². The number of benzene rings is 1. The van der Waals surface area contributed by atoms with Crippen molar-refractivity contribution in [2.75, 3.05) is 0 Å². The molecule has 100 valence electrons. The molecule has 3 aromatic rings. The Morgan fingerprint density at radius 2 is 1.95 bits per heavy atom. The molecule has 0 fully saturated rings. The van der Waals surface area contributed by atoms with E-state index in [0.717, 1.165) is 12.0 Å². The average Bonchev–Trinajstić information content (AvgIpc) is 2.97. The molecular weight excluding hydrogens is 254 g/mol. The Kier molecular flexibility index (Phi) is 3.16. The van der Waals surface area contributed by atoms with Gasteiger partial charge in [0.05, 0.1) is 0 Å². The third-order valence-electron chi connectivity index (χ3n) is 3.04. The molecule has 0 bridgehead atoms. The average molecular weight is 267 g/mol. The molecule has 0 atom stereocenters. The highest BCUT2D eigenvalue weighted by molar-refractivity contribution is 5.61. The topological polar surface area (TPSA) is 72.0 Å². The summed E-state index contributed by atoms with van der Waals surface area (Å²) in [5, 5.41) is 13.6. The molecule has 20 heavy (non-hydrogen) atoms. The third-order valence-corrected chi connectivity index (χ3v) is 3.04. The summed E-state index contributed by atoms with van der Waals surface area (Å²) in [5.74, 6) is 0.703. The van der Waals surface area contributed by atoms with Gasteiger partial charge in [0.1, 0.15) is 5.75 Å². The van der Waals surface area contributed by atoms with E-state index in [1.165, 1.54) is 11.6 Å². The fraction of sp³-hybridized carbons (Fsp3) is 0.133. The van der Waals surface area contributed by atoms with Gasteiger partial charge in [0.15, 0.2) is 5.69 Å². The van der Waals surface area contributed by atoms with Crippen LogP contribution in [0.4, 0.5) is 0 Å². The number of nitrogens with zero attached hydrogens (tertiary/aromatic N) is 3. The van der Waals surface area contributed by atoms with Crippen molar-refractivity contribution in [3.05, 3.63) is 48.2 Å². The number of rotatable bonds is 3. The Morgan fingerprint density at radius 1 is 1.15 bits per heavy atom. The number of hydrogen-bond donors (Lipinski definition) is 1. The van der Waals surface area contributed by atoms with E-state index in [2.05, 4.69) is 22.0 Å². The number of aromatic hydroxyl groups is 1. The summed E-state index contributed by atoms with van der Waals surface area (Å²) in [6.45, 7) is 2.10. The van der Waals surface area contributed by atoms with Gasteiger partial charge in [-0.3, -0.25) is 0 Å². The van der Waals surface area contributed by atoms with Crippen LogP contribution in [0.3, 0.4) is 0 Å². The van der Waals surface area contributed by atoms with Gasteiger partial charge in [-0.25, -0.2) is 4.98 Å². The molecule has 2 heterocycles. The molecule has 2 aromatic heterocycles. The molecular formula is C15H13N3O2. The zero-order valence-electron chi connectivity index (χ0n) is 10.9. The van der Waals surface area contributed by atoms with Crippen molar-refractivity contribution in [2.45, 2.75) is 13.3 Å². The highest BCUT2D eigenvalue weighted by Gasteiger charge is 2.14. The largest absolute Gasteiger partial charge is 0.505 e. The second kappa shape index (κ2) is 5.13. The summed E-state index contributed by atoms with van der Waals surface area (Å²) in [7, 11) is 0. The molecule has 0 radical (unpaired) electrons. The van der Waals surface area contributed by atoms with E-state index in [1.807, 2.05) is 24.3 Å². The Hall–Kier alpha value is -2.69. The number of aryl methyl sites for hydroxylation is 1. The molecule has 0 amide bonds. The van der Waals surface area contributed by atoms with Crippen LogP contribution in [0.2, 0.25) is 0 Å². The highest BCUT2D eigenvalue weighted by atomic mass is 16.5. The second-order valence-corrected chi connectivity index (χ2v) is 4.34. The zero-order valence-corrected chi connectivity index (χ0v) is 10.9. The lowest BCUT2D eigenvalue weighted by molar-refractivity contribution is 0.423. The minimum Gasteiger partial charge on any atom is -0.505 e. The monoisotopic (exact) mass is 267 g/mol. The van der Waals surface area contributed by atoms with Gasteiger partial charge in [-0.15, -0.1) is 0 Å². The quantitative estimate of drug-likeness (QED) is 0.789. The molecule has 0 saturated heterocycles. The van der Waals surface area contributed by atoms with Crippen molar-refractivity contribution >= 4 is 0 Å². The lowest BCUT2D eigenvalue weighted by atomic mass is 10.1. The van der Waals surface area contributed by atoms with Crippen molar-refractivity contribution in [1.82, 2.24) is 15.1 Å². The maximum absolute atomic E-state index is 9.72. The molecule has 0 spiro atoms. The fourth-order valence-electron chi connectivity index (χ4n) is 1.89. The van der Waals surface area contributed by atoms with Crippen LogP contribution in [0.1, 0.15) is 12.5 Å². The van der Waals surface area contributed by atoms with Crippen molar-refractivity contribution in [1.29, 1.82) is 0 Å². The minimum absolute atomic E-state index is 0.0176. The molecule has 0 aliphatic rings. The van der Waals surface area contributed by atoms with Gasteiger partial charge in [-0.2, -0.15) is 4.98 Å². The molecule has 1 N–H and O–H groups in total. The van der Waals surface area contributed by atoms with Gasteiger partial charge in [0, 0.05) is 11.8 Å². The SMILES string of the molecule is CCc1ccc(-c2noc(-c3ncccc3O)n2)cc1. The van der Waals surface area contributed by atoms with E-state index in [-0.39, 0.29) is 17.3 Å².